The van der Waals surface area contributed by atoms with Crippen LogP contribution < -0.4 is 0 Å². The number of ether oxygens (including phenoxy) is 2. The van der Waals surface area contributed by atoms with Gasteiger partial charge in [0.25, 0.3) is 0 Å². The number of aryl methyl sites for hydroxylation is 1. The molecular weight excluding hydrogens is 406 g/mol. The number of aromatic nitrogens is 1. The number of amides is 2. The monoisotopic (exact) mass is 441 g/mol. The number of fused-ring (bicyclic) bond motifs is 2. The molecule has 1 aliphatic carbocycles. The summed E-state index contributed by atoms with van der Waals surface area (Å²) in [5, 5.41) is 0. The van der Waals surface area contributed by atoms with Crippen molar-refractivity contribution in [2.45, 2.75) is 51.7 Å². The largest absolute Gasteiger partial charge is 0.379 e. The molecule has 3 aliphatic heterocycles. The molecule has 5 atom stereocenters. The molecule has 2 amide bonds. The molecule has 0 aromatic carbocycles. The SMILES string of the molecule is COC1COCCC1C[C@@H]1C[C@H]2CN(C=O)C[C@@]2(C(=O)N2CCc3ncc(C)cc3C2)C1. The summed E-state index contributed by atoms with van der Waals surface area (Å²) in [6.45, 7) is 6.13. The molecule has 0 spiro atoms. The summed E-state index contributed by atoms with van der Waals surface area (Å²) in [7, 11) is 1.77. The van der Waals surface area contributed by atoms with Crippen LogP contribution in [0.1, 0.15) is 42.5 Å². The van der Waals surface area contributed by atoms with Crippen LogP contribution in [0.3, 0.4) is 0 Å². The average Bonchev–Trinajstić information content (AvgIpc) is 3.32. The lowest BCUT2D eigenvalue weighted by Gasteiger charge is -2.37. The predicted octanol–water partition coefficient (Wildman–Crippen LogP) is 2.20. The van der Waals surface area contributed by atoms with Gasteiger partial charge in [-0.15, -0.1) is 0 Å². The van der Waals surface area contributed by atoms with E-state index < -0.39 is 5.41 Å². The number of hydrogen-bond acceptors (Lipinski definition) is 5. The topological polar surface area (TPSA) is 72.0 Å². The van der Waals surface area contributed by atoms with Gasteiger partial charge in [-0.1, -0.05) is 6.07 Å². The number of methoxy groups -OCH3 is 1. The maximum absolute atomic E-state index is 14.0. The lowest BCUT2D eigenvalue weighted by atomic mass is 9.78. The van der Waals surface area contributed by atoms with Crippen LogP contribution in [-0.4, -0.2) is 73.2 Å². The number of pyridine rings is 1. The lowest BCUT2D eigenvalue weighted by molar-refractivity contribution is -0.144. The van der Waals surface area contributed by atoms with Crippen molar-refractivity contribution in [1.82, 2.24) is 14.8 Å². The molecule has 1 saturated carbocycles. The normalized spacial score (nSPS) is 34.3. The smallest absolute Gasteiger partial charge is 0.231 e. The maximum Gasteiger partial charge on any atom is 0.231 e. The molecular formula is C25H35N3O4. The molecule has 32 heavy (non-hydrogen) atoms. The van der Waals surface area contributed by atoms with E-state index in [1.54, 1.807) is 7.11 Å². The van der Waals surface area contributed by atoms with Crippen molar-refractivity contribution in [3.05, 3.63) is 29.1 Å². The molecule has 1 aromatic rings. The Kier molecular flexibility index (Phi) is 5.97. The van der Waals surface area contributed by atoms with Crippen LogP contribution in [0.25, 0.3) is 0 Å². The molecule has 5 rings (SSSR count). The van der Waals surface area contributed by atoms with Gasteiger partial charge in [-0.25, -0.2) is 0 Å². The number of carbonyl (C=O) groups excluding carboxylic acids is 2. The second kappa shape index (κ2) is 8.75. The summed E-state index contributed by atoms with van der Waals surface area (Å²) in [6.07, 6.45) is 7.81. The van der Waals surface area contributed by atoms with Crippen LogP contribution >= 0.6 is 0 Å². The Balaban J connectivity index is 1.34. The highest BCUT2D eigenvalue weighted by molar-refractivity contribution is 5.85. The van der Waals surface area contributed by atoms with Gasteiger partial charge in [0.05, 0.1) is 18.1 Å². The minimum atomic E-state index is -0.436. The number of hydrogen-bond donors (Lipinski definition) is 0. The quantitative estimate of drug-likeness (QED) is 0.655. The average molecular weight is 442 g/mol. The van der Waals surface area contributed by atoms with E-state index >= 15 is 0 Å². The van der Waals surface area contributed by atoms with E-state index in [2.05, 4.69) is 11.1 Å². The van der Waals surface area contributed by atoms with Gasteiger partial charge in [0.2, 0.25) is 12.3 Å². The molecule has 2 saturated heterocycles. The van der Waals surface area contributed by atoms with Crippen molar-refractivity contribution in [1.29, 1.82) is 0 Å². The van der Waals surface area contributed by atoms with Gasteiger partial charge >= 0.3 is 0 Å². The summed E-state index contributed by atoms with van der Waals surface area (Å²) in [6, 6.07) is 2.16. The molecule has 0 N–H and O–H groups in total. The Bertz CT molecular complexity index is 877. The third kappa shape index (κ3) is 3.83. The second-order valence-electron chi connectivity index (χ2n) is 10.4. The predicted molar refractivity (Wildman–Crippen MR) is 119 cm³/mol. The molecule has 2 unspecified atom stereocenters. The van der Waals surface area contributed by atoms with Crippen LogP contribution in [-0.2, 0) is 32.0 Å². The zero-order valence-electron chi connectivity index (χ0n) is 19.3. The van der Waals surface area contributed by atoms with Gasteiger partial charge in [-0.3, -0.25) is 14.6 Å². The molecule has 3 fully saturated rings. The highest BCUT2D eigenvalue weighted by atomic mass is 16.5. The minimum Gasteiger partial charge on any atom is -0.379 e. The molecule has 4 heterocycles. The third-order valence-electron chi connectivity index (χ3n) is 8.41. The standard InChI is InChI=1S/C25H35N3O4/c1-17-7-20-12-28(5-3-22(20)26-11-17)24(30)25-10-18(9-21(25)13-27(15-25)16-29)8-19-4-6-32-14-23(19)31-2/h7,11,16,18-19,21,23H,3-6,8-10,12-15H2,1-2H3/t18-,19?,21+,23?,25+/m1/s1. The Morgan fingerprint density at radius 3 is 3.12 bits per heavy atom. The van der Waals surface area contributed by atoms with Gasteiger partial charge < -0.3 is 19.3 Å². The van der Waals surface area contributed by atoms with E-state index in [4.69, 9.17) is 9.47 Å². The fourth-order valence-corrected chi connectivity index (χ4v) is 6.88. The van der Waals surface area contributed by atoms with Crippen molar-refractivity contribution in [3.63, 3.8) is 0 Å². The summed E-state index contributed by atoms with van der Waals surface area (Å²) < 4.78 is 11.3. The molecule has 0 bridgehead atoms. The first-order valence-electron chi connectivity index (χ1n) is 12.1. The summed E-state index contributed by atoms with van der Waals surface area (Å²) in [5.41, 5.74) is 2.98. The van der Waals surface area contributed by atoms with Crippen LogP contribution in [0.4, 0.5) is 0 Å². The van der Waals surface area contributed by atoms with E-state index in [0.717, 1.165) is 56.4 Å². The first-order valence-corrected chi connectivity index (χ1v) is 12.1. The second-order valence-corrected chi connectivity index (χ2v) is 10.4. The number of carbonyl (C=O) groups is 2. The number of rotatable bonds is 5. The number of nitrogens with zero attached hydrogens (tertiary/aromatic N) is 3. The molecule has 1 aromatic heterocycles. The molecule has 174 valence electrons. The van der Waals surface area contributed by atoms with Crippen molar-refractivity contribution >= 4 is 12.3 Å². The summed E-state index contributed by atoms with van der Waals surface area (Å²) >= 11 is 0. The van der Waals surface area contributed by atoms with E-state index in [9.17, 15) is 9.59 Å². The molecule has 4 aliphatic rings. The number of likely N-dealkylation sites (tertiary alicyclic amines) is 1. The van der Waals surface area contributed by atoms with E-state index in [1.165, 1.54) is 5.56 Å². The van der Waals surface area contributed by atoms with Gasteiger partial charge in [-0.2, -0.15) is 0 Å². The fraction of sp³-hybridized carbons (Fsp3) is 0.720. The van der Waals surface area contributed by atoms with Crippen LogP contribution in [0.2, 0.25) is 0 Å². The van der Waals surface area contributed by atoms with Crippen molar-refractivity contribution in [2.75, 3.05) is 40.0 Å². The third-order valence-corrected chi connectivity index (χ3v) is 8.41. The molecule has 7 heteroatoms. The van der Waals surface area contributed by atoms with Gasteiger partial charge in [0, 0.05) is 58.2 Å². The van der Waals surface area contributed by atoms with Crippen molar-refractivity contribution in [2.24, 2.45) is 23.2 Å². The van der Waals surface area contributed by atoms with Crippen molar-refractivity contribution in [3.8, 4) is 0 Å². The van der Waals surface area contributed by atoms with Crippen LogP contribution in [0, 0.1) is 30.1 Å². The summed E-state index contributed by atoms with van der Waals surface area (Å²) in [4.78, 5) is 34.1. The fourth-order valence-electron chi connectivity index (χ4n) is 6.88. The first kappa shape index (κ1) is 21.8. The minimum absolute atomic E-state index is 0.150. The Hall–Kier alpha value is -1.99. The maximum atomic E-state index is 14.0. The van der Waals surface area contributed by atoms with E-state index in [0.29, 0.717) is 44.6 Å². The zero-order valence-corrected chi connectivity index (χ0v) is 19.3. The van der Waals surface area contributed by atoms with Crippen LogP contribution in [0.5, 0.6) is 0 Å². The summed E-state index contributed by atoms with van der Waals surface area (Å²) in [5.74, 6) is 1.49. The van der Waals surface area contributed by atoms with Gasteiger partial charge in [0.1, 0.15) is 0 Å². The van der Waals surface area contributed by atoms with Crippen LogP contribution in [0.15, 0.2) is 12.3 Å². The first-order chi connectivity index (χ1) is 15.5. The Morgan fingerprint density at radius 2 is 2.31 bits per heavy atom. The van der Waals surface area contributed by atoms with E-state index in [1.807, 2.05) is 22.9 Å². The highest BCUT2D eigenvalue weighted by Crippen LogP contribution is 2.54. The van der Waals surface area contributed by atoms with Crippen molar-refractivity contribution < 1.29 is 19.1 Å². The molecule has 7 nitrogen and oxygen atoms in total. The zero-order chi connectivity index (χ0) is 22.3. The lowest BCUT2D eigenvalue weighted by Crippen LogP contribution is -2.48. The highest BCUT2D eigenvalue weighted by Gasteiger charge is 2.58. The van der Waals surface area contributed by atoms with E-state index in [-0.39, 0.29) is 17.9 Å². The molecule has 0 radical (unpaired) electrons. The Morgan fingerprint density at radius 1 is 1.44 bits per heavy atom. The Labute approximate surface area is 190 Å². The van der Waals surface area contributed by atoms with Gasteiger partial charge in [-0.05, 0) is 61.5 Å². The van der Waals surface area contributed by atoms with Gasteiger partial charge in [0.15, 0.2) is 0 Å².